The SMILES string of the molecule is CC(C)(C)[Si](C)(C)OC1CCC(NC(=O)N[C@H](Cc2ccc(Br)cc2)c2nc3ccccc3[nH]2)CC1. The van der Waals surface area contributed by atoms with E-state index in [0.29, 0.717) is 12.5 Å². The van der Waals surface area contributed by atoms with E-state index in [4.69, 9.17) is 9.41 Å². The Hall–Kier alpha value is -2.16. The van der Waals surface area contributed by atoms with Crippen LogP contribution in [0.3, 0.4) is 0 Å². The molecule has 36 heavy (non-hydrogen) atoms. The first-order valence-corrected chi connectivity index (χ1v) is 16.6. The Morgan fingerprint density at radius 1 is 1.11 bits per heavy atom. The summed E-state index contributed by atoms with van der Waals surface area (Å²) < 4.78 is 7.65. The Morgan fingerprint density at radius 3 is 2.42 bits per heavy atom. The highest BCUT2D eigenvalue weighted by atomic mass is 79.9. The summed E-state index contributed by atoms with van der Waals surface area (Å²) in [6, 6.07) is 15.9. The molecule has 1 heterocycles. The number of nitrogens with one attached hydrogen (secondary N) is 3. The standard InChI is InChI=1S/C28H39BrN4O2Si/c1-28(2,3)36(4,5)35-22-16-14-21(15-17-22)30-27(34)33-25(18-19-10-12-20(29)13-11-19)26-31-23-8-6-7-9-24(23)32-26/h6-13,21-22,25H,14-18H2,1-5H3,(H,31,32)(H2,30,33,34)/t21?,22?,25-/m1/s1. The minimum atomic E-state index is -1.77. The number of urea groups is 1. The lowest BCUT2D eigenvalue weighted by Gasteiger charge is -2.41. The molecule has 1 atom stereocenters. The molecule has 3 N–H and O–H groups in total. The summed E-state index contributed by atoms with van der Waals surface area (Å²) in [6.45, 7) is 11.5. The van der Waals surface area contributed by atoms with Crippen molar-refractivity contribution in [2.45, 2.75) is 89.2 Å². The van der Waals surface area contributed by atoms with Gasteiger partial charge in [-0.3, -0.25) is 0 Å². The van der Waals surface area contributed by atoms with Crippen LogP contribution in [0.15, 0.2) is 53.0 Å². The summed E-state index contributed by atoms with van der Waals surface area (Å²) in [6.07, 6.45) is 4.80. The zero-order valence-electron chi connectivity index (χ0n) is 22.0. The lowest BCUT2D eigenvalue weighted by atomic mass is 9.93. The van der Waals surface area contributed by atoms with Crippen LogP contribution in [0, 0.1) is 0 Å². The molecule has 0 bridgehead atoms. The van der Waals surface area contributed by atoms with Crippen molar-refractivity contribution in [1.29, 1.82) is 0 Å². The fourth-order valence-electron chi connectivity index (χ4n) is 4.51. The van der Waals surface area contributed by atoms with Crippen molar-refractivity contribution >= 4 is 41.3 Å². The summed E-state index contributed by atoms with van der Waals surface area (Å²) in [7, 11) is -1.77. The van der Waals surface area contributed by atoms with E-state index in [1.165, 1.54) is 0 Å². The van der Waals surface area contributed by atoms with E-state index in [1.54, 1.807) is 0 Å². The molecule has 194 valence electrons. The molecule has 1 saturated carbocycles. The van der Waals surface area contributed by atoms with Gasteiger partial charge in [0.1, 0.15) is 5.82 Å². The molecule has 2 amide bonds. The fourth-order valence-corrected chi connectivity index (χ4v) is 6.20. The van der Waals surface area contributed by atoms with Crippen molar-refractivity contribution in [3.63, 3.8) is 0 Å². The summed E-state index contributed by atoms with van der Waals surface area (Å²) >= 11 is 3.50. The number of amides is 2. The molecule has 0 spiro atoms. The van der Waals surface area contributed by atoms with E-state index in [2.05, 4.69) is 77.5 Å². The van der Waals surface area contributed by atoms with E-state index in [1.807, 2.05) is 36.4 Å². The molecule has 4 rings (SSSR count). The van der Waals surface area contributed by atoms with Crippen molar-refractivity contribution in [2.24, 2.45) is 0 Å². The van der Waals surface area contributed by atoms with Crippen LogP contribution in [0.4, 0.5) is 4.79 Å². The highest BCUT2D eigenvalue weighted by molar-refractivity contribution is 9.10. The topological polar surface area (TPSA) is 79.0 Å². The number of para-hydroxylation sites is 2. The molecule has 1 aromatic heterocycles. The molecule has 0 saturated heterocycles. The maximum atomic E-state index is 13.1. The van der Waals surface area contributed by atoms with Gasteiger partial charge >= 0.3 is 6.03 Å². The van der Waals surface area contributed by atoms with Gasteiger partial charge in [0.2, 0.25) is 0 Å². The van der Waals surface area contributed by atoms with Gasteiger partial charge in [-0.25, -0.2) is 9.78 Å². The number of benzene rings is 2. The Kier molecular flexibility index (Phi) is 8.27. The fraction of sp³-hybridized carbons (Fsp3) is 0.500. The van der Waals surface area contributed by atoms with Crippen LogP contribution in [0.25, 0.3) is 11.0 Å². The van der Waals surface area contributed by atoms with Gasteiger partial charge in [-0.05, 0) is 80.1 Å². The molecule has 0 unspecified atom stereocenters. The average Bonchev–Trinajstić information content (AvgIpc) is 3.25. The third-order valence-electron chi connectivity index (χ3n) is 7.67. The van der Waals surface area contributed by atoms with E-state index >= 15 is 0 Å². The van der Waals surface area contributed by atoms with Crippen LogP contribution in [-0.4, -0.2) is 36.5 Å². The van der Waals surface area contributed by atoms with E-state index < -0.39 is 8.32 Å². The second kappa shape index (κ2) is 11.1. The minimum absolute atomic E-state index is 0.147. The first-order valence-electron chi connectivity index (χ1n) is 12.9. The minimum Gasteiger partial charge on any atom is -0.414 e. The normalized spacial score (nSPS) is 19.7. The van der Waals surface area contributed by atoms with Crippen molar-refractivity contribution in [1.82, 2.24) is 20.6 Å². The molecule has 8 heteroatoms. The number of hydrogen-bond donors (Lipinski definition) is 3. The number of H-pyrrole nitrogens is 1. The summed E-state index contributed by atoms with van der Waals surface area (Å²) in [5.41, 5.74) is 3.00. The first kappa shape index (κ1) is 26.9. The molecule has 2 aromatic carbocycles. The summed E-state index contributed by atoms with van der Waals surface area (Å²) in [5, 5.41) is 6.62. The summed E-state index contributed by atoms with van der Waals surface area (Å²) in [5.74, 6) is 0.765. The molecule has 1 aliphatic rings. The summed E-state index contributed by atoms with van der Waals surface area (Å²) in [4.78, 5) is 21.3. The third-order valence-corrected chi connectivity index (χ3v) is 12.7. The lowest BCUT2D eigenvalue weighted by molar-refractivity contribution is 0.125. The Labute approximate surface area is 224 Å². The quantitative estimate of drug-likeness (QED) is 0.262. The number of carbonyl (C=O) groups is 1. The van der Waals surface area contributed by atoms with E-state index in [9.17, 15) is 4.79 Å². The molecular weight excluding hydrogens is 532 g/mol. The molecular formula is C28H39BrN4O2Si. The van der Waals surface area contributed by atoms with Crippen LogP contribution < -0.4 is 10.6 Å². The smallest absolute Gasteiger partial charge is 0.315 e. The number of carbonyl (C=O) groups excluding carboxylic acids is 1. The highest BCUT2D eigenvalue weighted by Gasteiger charge is 2.40. The monoisotopic (exact) mass is 570 g/mol. The number of nitrogens with zero attached hydrogens (tertiary/aromatic N) is 1. The van der Waals surface area contributed by atoms with Gasteiger partial charge in [0.25, 0.3) is 0 Å². The third kappa shape index (κ3) is 6.78. The molecule has 6 nitrogen and oxygen atoms in total. The van der Waals surface area contributed by atoms with Crippen molar-refractivity contribution in [3.8, 4) is 0 Å². The molecule has 0 radical (unpaired) electrons. The van der Waals surface area contributed by atoms with Crippen LogP contribution in [0.2, 0.25) is 18.1 Å². The Balaban J connectivity index is 1.38. The maximum Gasteiger partial charge on any atom is 0.315 e. The van der Waals surface area contributed by atoms with Gasteiger partial charge in [-0.2, -0.15) is 0 Å². The molecule has 1 fully saturated rings. The Morgan fingerprint density at radius 2 is 1.78 bits per heavy atom. The van der Waals surface area contributed by atoms with Crippen LogP contribution in [0.1, 0.15) is 63.9 Å². The molecule has 1 aliphatic carbocycles. The predicted octanol–water partition coefficient (Wildman–Crippen LogP) is 7.24. The van der Waals surface area contributed by atoms with Crippen LogP contribution in [-0.2, 0) is 10.8 Å². The zero-order valence-corrected chi connectivity index (χ0v) is 24.6. The second-order valence-electron chi connectivity index (χ2n) is 11.5. The average molecular weight is 572 g/mol. The van der Waals surface area contributed by atoms with Gasteiger partial charge < -0.3 is 20.0 Å². The Bertz CT molecular complexity index is 1130. The number of aromatic nitrogens is 2. The second-order valence-corrected chi connectivity index (χ2v) is 17.2. The first-order chi connectivity index (χ1) is 17.0. The van der Waals surface area contributed by atoms with Crippen LogP contribution >= 0.6 is 15.9 Å². The number of rotatable bonds is 7. The molecule has 0 aliphatic heterocycles. The predicted molar refractivity (Wildman–Crippen MR) is 153 cm³/mol. The van der Waals surface area contributed by atoms with Gasteiger partial charge in [0.15, 0.2) is 8.32 Å². The van der Waals surface area contributed by atoms with E-state index in [-0.39, 0.29) is 23.2 Å². The largest absolute Gasteiger partial charge is 0.414 e. The number of fused-ring (bicyclic) bond motifs is 1. The van der Waals surface area contributed by atoms with Crippen molar-refractivity contribution in [2.75, 3.05) is 0 Å². The van der Waals surface area contributed by atoms with Crippen LogP contribution in [0.5, 0.6) is 0 Å². The van der Waals surface area contributed by atoms with Gasteiger partial charge in [0.05, 0.1) is 17.1 Å². The number of hydrogen-bond acceptors (Lipinski definition) is 3. The number of halogens is 1. The van der Waals surface area contributed by atoms with Crippen molar-refractivity contribution < 1.29 is 9.22 Å². The number of aromatic amines is 1. The number of imidazole rings is 1. The highest BCUT2D eigenvalue weighted by Crippen LogP contribution is 2.39. The van der Waals surface area contributed by atoms with Gasteiger partial charge in [-0.1, -0.05) is 61.0 Å². The zero-order chi connectivity index (χ0) is 25.9. The lowest BCUT2D eigenvalue weighted by Crippen LogP contribution is -2.48. The maximum absolute atomic E-state index is 13.1. The van der Waals surface area contributed by atoms with Crippen molar-refractivity contribution in [3.05, 3.63) is 64.4 Å². The van der Waals surface area contributed by atoms with Gasteiger partial charge in [-0.15, -0.1) is 0 Å². The van der Waals surface area contributed by atoms with E-state index in [0.717, 1.165) is 52.6 Å². The molecule has 3 aromatic rings. The van der Waals surface area contributed by atoms with Gasteiger partial charge in [0, 0.05) is 16.6 Å².